The first-order valence-corrected chi connectivity index (χ1v) is 8.75. The third kappa shape index (κ3) is 6.63. The van der Waals surface area contributed by atoms with Crippen LogP contribution < -0.4 is 10.6 Å². The summed E-state index contributed by atoms with van der Waals surface area (Å²) in [5, 5.41) is 10.9. The number of nitrogens with zero attached hydrogens (tertiary/aromatic N) is 2. The van der Waals surface area contributed by atoms with Crippen LogP contribution in [0.15, 0.2) is 9.52 Å². The van der Waals surface area contributed by atoms with Crippen molar-refractivity contribution in [1.29, 1.82) is 0 Å². The molecule has 0 aromatic carbocycles. The molecule has 0 amide bonds. The van der Waals surface area contributed by atoms with E-state index in [0.717, 1.165) is 36.3 Å². The SMILES string of the molecule is CN=C(NCC(C)c1c(C)noc1C)NC(C)CCCC(C)C. The van der Waals surface area contributed by atoms with Crippen molar-refractivity contribution in [2.45, 2.75) is 72.8 Å². The molecule has 0 aliphatic heterocycles. The van der Waals surface area contributed by atoms with Crippen LogP contribution in [0.4, 0.5) is 0 Å². The first-order valence-electron chi connectivity index (χ1n) is 8.75. The molecule has 0 saturated heterocycles. The first kappa shape index (κ1) is 19.5. The van der Waals surface area contributed by atoms with E-state index in [2.05, 4.69) is 48.5 Å². The van der Waals surface area contributed by atoms with Gasteiger partial charge in [-0.2, -0.15) is 0 Å². The van der Waals surface area contributed by atoms with Crippen LogP contribution in [0.5, 0.6) is 0 Å². The van der Waals surface area contributed by atoms with Crippen molar-refractivity contribution in [3.05, 3.63) is 17.0 Å². The van der Waals surface area contributed by atoms with Gasteiger partial charge in [-0.05, 0) is 33.1 Å². The van der Waals surface area contributed by atoms with E-state index in [4.69, 9.17) is 4.52 Å². The molecule has 132 valence electrons. The van der Waals surface area contributed by atoms with Gasteiger partial charge in [0.05, 0.1) is 5.69 Å². The summed E-state index contributed by atoms with van der Waals surface area (Å²) < 4.78 is 5.25. The Morgan fingerprint density at radius 2 is 1.87 bits per heavy atom. The van der Waals surface area contributed by atoms with Crippen LogP contribution in [0, 0.1) is 19.8 Å². The van der Waals surface area contributed by atoms with Crippen molar-refractivity contribution in [2.75, 3.05) is 13.6 Å². The molecular formula is C18H34N4O. The van der Waals surface area contributed by atoms with E-state index in [9.17, 15) is 0 Å². The molecule has 0 fully saturated rings. The highest BCUT2D eigenvalue weighted by Gasteiger charge is 2.17. The molecular weight excluding hydrogens is 288 g/mol. The Bertz CT molecular complexity index is 474. The van der Waals surface area contributed by atoms with Crippen molar-refractivity contribution in [2.24, 2.45) is 10.9 Å². The number of guanidine groups is 1. The Kier molecular flexibility index (Phi) is 8.13. The van der Waals surface area contributed by atoms with E-state index in [0.29, 0.717) is 12.0 Å². The number of aliphatic imine (C=N–C) groups is 1. The Hall–Kier alpha value is -1.52. The molecule has 2 unspecified atom stereocenters. The van der Waals surface area contributed by atoms with Crippen LogP contribution in [-0.4, -0.2) is 30.8 Å². The van der Waals surface area contributed by atoms with Gasteiger partial charge in [-0.1, -0.05) is 38.8 Å². The maximum absolute atomic E-state index is 5.25. The van der Waals surface area contributed by atoms with E-state index in [1.807, 2.05) is 20.9 Å². The van der Waals surface area contributed by atoms with Crippen molar-refractivity contribution >= 4 is 5.96 Å². The van der Waals surface area contributed by atoms with E-state index in [1.54, 1.807) is 0 Å². The third-order valence-corrected chi connectivity index (χ3v) is 4.18. The highest BCUT2D eigenvalue weighted by atomic mass is 16.5. The van der Waals surface area contributed by atoms with Crippen LogP contribution in [0.1, 0.15) is 69.9 Å². The summed E-state index contributed by atoms with van der Waals surface area (Å²) in [4.78, 5) is 4.32. The van der Waals surface area contributed by atoms with Crippen LogP contribution in [0.3, 0.4) is 0 Å². The van der Waals surface area contributed by atoms with Crippen molar-refractivity contribution < 1.29 is 4.52 Å². The molecule has 1 aromatic heterocycles. The van der Waals surface area contributed by atoms with Crippen molar-refractivity contribution in [3.63, 3.8) is 0 Å². The maximum Gasteiger partial charge on any atom is 0.191 e. The lowest BCUT2D eigenvalue weighted by molar-refractivity contribution is 0.391. The monoisotopic (exact) mass is 322 g/mol. The van der Waals surface area contributed by atoms with E-state index in [-0.39, 0.29) is 0 Å². The predicted molar refractivity (Wildman–Crippen MR) is 97.0 cm³/mol. The molecule has 0 spiro atoms. The number of aromatic nitrogens is 1. The van der Waals surface area contributed by atoms with Gasteiger partial charge >= 0.3 is 0 Å². The fraction of sp³-hybridized carbons (Fsp3) is 0.778. The molecule has 0 saturated carbocycles. The summed E-state index contributed by atoms with van der Waals surface area (Å²) in [7, 11) is 1.82. The molecule has 1 aromatic rings. The second kappa shape index (κ2) is 9.58. The summed E-state index contributed by atoms with van der Waals surface area (Å²) in [6.45, 7) is 13.7. The molecule has 5 nitrogen and oxygen atoms in total. The number of hydrogen-bond donors (Lipinski definition) is 2. The second-order valence-electron chi connectivity index (χ2n) is 6.96. The summed E-state index contributed by atoms with van der Waals surface area (Å²) in [5.41, 5.74) is 2.17. The fourth-order valence-corrected chi connectivity index (χ4v) is 2.88. The predicted octanol–water partition coefficient (Wildman–Crippen LogP) is 3.77. The smallest absolute Gasteiger partial charge is 0.191 e. The highest BCUT2D eigenvalue weighted by molar-refractivity contribution is 5.79. The second-order valence-corrected chi connectivity index (χ2v) is 6.96. The Labute approximate surface area is 141 Å². The van der Waals surface area contributed by atoms with Gasteiger partial charge in [0.25, 0.3) is 0 Å². The van der Waals surface area contributed by atoms with Gasteiger partial charge in [0.15, 0.2) is 5.96 Å². The molecule has 1 rings (SSSR count). The number of aryl methyl sites for hydroxylation is 2. The summed E-state index contributed by atoms with van der Waals surface area (Å²) in [6, 6.07) is 0.425. The van der Waals surface area contributed by atoms with Crippen molar-refractivity contribution in [3.8, 4) is 0 Å². The van der Waals surface area contributed by atoms with E-state index < -0.39 is 0 Å². The zero-order valence-electron chi connectivity index (χ0n) is 15.9. The Morgan fingerprint density at radius 1 is 1.17 bits per heavy atom. The van der Waals surface area contributed by atoms with Gasteiger partial charge in [-0.15, -0.1) is 0 Å². The minimum atomic E-state index is 0.330. The summed E-state index contributed by atoms with van der Waals surface area (Å²) in [5.74, 6) is 2.87. The van der Waals surface area contributed by atoms with E-state index in [1.165, 1.54) is 18.4 Å². The van der Waals surface area contributed by atoms with Gasteiger partial charge in [0.2, 0.25) is 0 Å². The van der Waals surface area contributed by atoms with Crippen LogP contribution in [0.25, 0.3) is 0 Å². The maximum atomic E-state index is 5.25. The average molecular weight is 322 g/mol. The molecule has 0 aliphatic carbocycles. The molecule has 2 N–H and O–H groups in total. The van der Waals surface area contributed by atoms with E-state index >= 15 is 0 Å². The zero-order valence-corrected chi connectivity index (χ0v) is 15.9. The van der Waals surface area contributed by atoms with Crippen LogP contribution in [-0.2, 0) is 0 Å². The number of rotatable bonds is 8. The molecule has 23 heavy (non-hydrogen) atoms. The molecule has 0 aliphatic rings. The number of nitrogens with one attached hydrogen (secondary N) is 2. The van der Waals surface area contributed by atoms with Gasteiger partial charge in [-0.3, -0.25) is 4.99 Å². The molecule has 1 heterocycles. The third-order valence-electron chi connectivity index (χ3n) is 4.18. The summed E-state index contributed by atoms with van der Waals surface area (Å²) >= 11 is 0. The minimum absolute atomic E-state index is 0.330. The standard InChI is InChI=1S/C18H34N4O/c1-12(2)9-8-10-14(4)21-18(19-7)20-11-13(3)17-15(5)22-23-16(17)6/h12-14H,8-11H2,1-7H3,(H2,19,20,21). The normalized spacial score (nSPS) is 14.9. The molecule has 2 atom stereocenters. The minimum Gasteiger partial charge on any atom is -0.361 e. The quantitative estimate of drug-likeness (QED) is 0.565. The highest BCUT2D eigenvalue weighted by Crippen LogP contribution is 2.22. The van der Waals surface area contributed by atoms with Gasteiger partial charge < -0.3 is 15.2 Å². The van der Waals surface area contributed by atoms with Gasteiger partial charge in [0.1, 0.15) is 5.76 Å². The molecule has 0 radical (unpaired) electrons. The molecule has 0 bridgehead atoms. The lowest BCUT2D eigenvalue weighted by Crippen LogP contribution is -2.43. The Morgan fingerprint density at radius 3 is 2.39 bits per heavy atom. The first-order chi connectivity index (χ1) is 10.8. The van der Waals surface area contributed by atoms with Gasteiger partial charge in [-0.25, -0.2) is 0 Å². The topological polar surface area (TPSA) is 62.5 Å². The lowest BCUT2D eigenvalue weighted by atomic mass is 10.00. The fourth-order valence-electron chi connectivity index (χ4n) is 2.88. The lowest BCUT2D eigenvalue weighted by Gasteiger charge is -2.20. The molecule has 5 heteroatoms. The van der Waals surface area contributed by atoms with Crippen LogP contribution in [0.2, 0.25) is 0 Å². The number of hydrogen-bond acceptors (Lipinski definition) is 3. The summed E-state index contributed by atoms with van der Waals surface area (Å²) in [6.07, 6.45) is 3.69. The Balaban J connectivity index is 2.42. The van der Waals surface area contributed by atoms with Crippen molar-refractivity contribution in [1.82, 2.24) is 15.8 Å². The average Bonchev–Trinajstić information content (AvgIpc) is 2.81. The largest absolute Gasteiger partial charge is 0.361 e. The van der Waals surface area contributed by atoms with Crippen LogP contribution >= 0.6 is 0 Å². The zero-order chi connectivity index (χ0) is 17.4. The van der Waals surface area contributed by atoms with Gasteiger partial charge in [0, 0.05) is 31.1 Å².